The molecule has 0 aliphatic carbocycles. The average molecular weight is 335 g/mol. The van der Waals surface area contributed by atoms with E-state index in [1.54, 1.807) is 4.68 Å². The summed E-state index contributed by atoms with van der Waals surface area (Å²) in [5, 5.41) is 7.38. The predicted octanol–water partition coefficient (Wildman–Crippen LogP) is 3.65. The Hall–Kier alpha value is -3.08. The Morgan fingerprint density at radius 1 is 1.08 bits per heavy atom. The standard InChI is InChI=1S/C20H21N3O2/c1-16-14-19(23(22-16)15-17-8-4-2-5-9-17)21-20(24)12-13-25-18-10-6-3-7-11-18/h2-11,14H,12-13,15H2,1H3,(H,21,24). The van der Waals surface area contributed by atoms with Gasteiger partial charge in [0.05, 0.1) is 25.3 Å². The summed E-state index contributed by atoms with van der Waals surface area (Å²) >= 11 is 0. The highest BCUT2D eigenvalue weighted by Gasteiger charge is 2.10. The van der Waals surface area contributed by atoms with Crippen molar-refractivity contribution in [3.8, 4) is 5.75 Å². The maximum atomic E-state index is 12.2. The third-order valence-corrected chi connectivity index (χ3v) is 3.69. The second kappa shape index (κ2) is 8.15. The number of benzene rings is 2. The Balaban J connectivity index is 1.56. The van der Waals surface area contributed by atoms with E-state index in [-0.39, 0.29) is 12.3 Å². The molecule has 1 amide bonds. The minimum atomic E-state index is -0.0925. The molecule has 0 bridgehead atoms. The van der Waals surface area contributed by atoms with E-state index in [0.717, 1.165) is 17.0 Å². The fourth-order valence-electron chi connectivity index (χ4n) is 2.51. The Labute approximate surface area is 147 Å². The number of rotatable bonds is 7. The minimum absolute atomic E-state index is 0.0925. The molecule has 1 heterocycles. The number of ether oxygens (including phenoxy) is 1. The lowest BCUT2D eigenvalue weighted by Crippen LogP contribution is -2.18. The van der Waals surface area contributed by atoms with E-state index in [0.29, 0.717) is 19.0 Å². The Morgan fingerprint density at radius 2 is 1.76 bits per heavy atom. The van der Waals surface area contributed by atoms with Gasteiger partial charge in [-0.2, -0.15) is 5.10 Å². The van der Waals surface area contributed by atoms with Crippen molar-refractivity contribution in [3.05, 3.63) is 78.0 Å². The summed E-state index contributed by atoms with van der Waals surface area (Å²) in [6, 6.07) is 21.4. The number of nitrogens with one attached hydrogen (secondary N) is 1. The highest BCUT2D eigenvalue weighted by atomic mass is 16.5. The number of hydrogen-bond donors (Lipinski definition) is 1. The zero-order chi connectivity index (χ0) is 17.5. The molecule has 0 saturated heterocycles. The van der Waals surface area contributed by atoms with Crippen molar-refractivity contribution < 1.29 is 9.53 Å². The van der Waals surface area contributed by atoms with Crippen LogP contribution in [0.3, 0.4) is 0 Å². The molecule has 0 aliphatic rings. The molecule has 128 valence electrons. The quantitative estimate of drug-likeness (QED) is 0.717. The van der Waals surface area contributed by atoms with Gasteiger partial charge in [-0.05, 0) is 24.6 Å². The summed E-state index contributed by atoms with van der Waals surface area (Å²) in [7, 11) is 0. The van der Waals surface area contributed by atoms with E-state index in [1.165, 1.54) is 0 Å². The fraction of sp³-hybridized carbons (Fsp3) is 0.200. The number of anilines is 1. The molecular weight excluding hydrogens is 314 g/mol. The topological polar surface area (TPSA) is 56.1 Å². The van der Waals surface area contributed by atoms with Crippen molar-refractivity contribution in [1.29, 1.82) is 0 Å². The molecule has 0 radical (unpaired) electrons. The summed E-state index contributed by atoms with van der Waals surface area (Å²) in [4.78, 5) is 12.2. The van der Waals surface area contributed by atoms with Gasteiger partial charge in [0.15, 0.2) is 0 Å². The first-order valence-electron chi connectivity index (χ1n) is 8.27. The molecule has 25 heavy (non-hydrogen) atoms. The van der Waals surface area contributed by atoms with Gasteiger partial charge in [-0.1, -0.05) is 48.5 Å². The Morgan fingerprint density at radius 3 is 2.48 bits per heavy atom. The molecule has 0 unspecified atom stereocenters. The number of aryl methyl sites for hydroxylation is 1. The van der Waals surface area contributed by atoms with E-state index < -0.39 is 0 Å². The number of para-hydroxylation sites is 1. The van der Waals surface area contributed by atoms with Crippen molar-refractivity contribution >= 4 is 11.7 Å². The van der Waals surface area contributed by atoms with Gasteiger partial charge in [-0.15, -0.1) is 0 Å². The molecule has 3 rings (SSSR count). The highest BCUT2D eigenvalue weighted by molar-refractivity contribution is 5.90. The average Bonchev–Trinajstić information content (AvgIpc) is 2.95. The maximum absolute atomic E-state index is 12.2. The smallest absolute Gasteiger partial charge is 0.228 e. The molecule has 0 spiro atoms. The third kappa shape index (κ3) is 4.94. The molecule has 1 aromatic heterocycles. The molecular formula is C20H21N3O2. The van der Waals surface area contributed by atoms with Crippen LogP contribution in [0.1, 0.15) is 17.7 Å². The van der Waals surface area contributed by atoms with Crippen LogP contribution in [0.5, 0.6) is 5.75 Å². The van der Waals surface area contributed by atoms with Gasteiger partial charge in [0.1, 0.15) is 11.6 Å². The highest BCUT2D eigenvalue weighted by Crippen LogP contribution is 2.14. The van der Waals surface area contributed by atoms with Crippen LogP contribution in [0.4, 0.5) is 5.82 Å². The number of hydrogen-bond acceptors (Lipinski definition) is 3. The van der Waals surface area contributed by atoms with Gasteiger partial charge >= 0.3 is 0 Å². The predicted molar refractivity (Wildman–Crippen MR) is 97.7 cm³/mol. The van der Waals surface area contributed by atoms with Crippen LogP contribution >= 0.6 is 0 Å². The molecule has 5 nitrogen and oxygen atoms in total. The first kappa shape index (κ1) is 16.8. The zero-order valence-corrected chi connectivity index (χ0v) is 14.2. The van der Waals surface area contributed by atoms with Crippen LogP contribution in [0, 0.1) is 6.92 Å². The Kier molecular flexibility index (Phi) is 5.46. The number of amides is 1. The molecule has 0 aliphatic heterocycles. The van der Waals surface area contributed by atoms with E-state index in [1.807, 2.05) is 73.7 Å². The first-order valence-corrected chi connectivity index (χ1v) is 8.27. The van der Waals surface area contributed by atoms with E-state index in [4.69, 9.17) is 4.74 Å². The monoisotopic (exact) mass is 335 g/mol. The van der Waals surface area contributed by atoms with Crippen molar-refractivity contribution in [2.45, 2.75) is 19.9 Å². The van der Waals surface area contributed by atoms with Gasteiger partial charge in [0, 0.05) is 6.07 Å². The normalized spacial score (nSPS) is 10.4. The van der Waals surface area contributed by atoms with Crippen molar-refractivity contribution in [2.75, 3.05) is 11.9 Å². The molecule has 0 saturated carbocycles. The van der Waals surface area contributed by atoms with Crippen LogP contribution in [0.2, 0.25) is 0 Å². The largest absolute Gasteiger partial charge is 0.493 e. The van der Waals surface area contributed by atoms with Crippen LogP contribution < -0.4 is 10.1 Å². The molecule has 5 heteroatoms. The van der Waals surface area contributed by atoms with Gasteiger partial charge in [-0.25, -0.2) is 4.68 Å². The SMILES string of the molecule is Cc1cc(NC(=O)CCOc2ccccc2)n(Cc2ccccc2)n1. The molecule has 0 atom stereocenters. The third-order valence-electron chi connectivity index (χ3n) is 3.69. The van der Waals surface area contributed by atoms with Crippen LogP contribution in [0.25, 0.3) is 0 Å². The molecule has 0 fully saturated rings. The van der Waals surface area contributed by atoms with E-state index in [2.05, 4.69) is 10.4 Å². The minimum Gasteiger partial charge on any atom is -0.493 e. The Bertz CT molecular complexity index is 813. The van der Waals surface area contributed by atoms with Crippen LogP contribution in [0.15, 0.2) is 66.7 Å². The number of aromatic nitrogens is 2. The van der Waals surface area contributed by atoms with Gasteiger partial charge < -0.3 is 10.1 Å². The summed E-state index contributed by atoms with van der Waals surface area (Å²) in [5.41, 5.74) is 2.00. The number of nitrogens with zero attached hydrogens (tertiary/aromatic N) is 2. The number of carbonyl (C=O) groups is 1. The second-order valence-electron chi connectivity index (χ2n) is 5.77. The summed E-state index contributed by atoms with van der Waals surface area (Å²) in [5.74, 6) is 1.37. The van der Waals surface area contributed by atoms with E-state index >= 15 is 0 Å². The van der Waals surface area contributed by atoms with Crippen molar-refractivity contribution in [2.24, 2.45) is 0 Å². The summed E-state index contributed by atoms with van der Waals surface area (Å²) in [6.45, 7) is 2.86. The first-order chi connectivity index (χ1) is 12.2. The van der Waals surface area contributed by atoms with Crippen LogP contribution in [-0.2, 0) is 11.3 Å². The van der Waals surface area contributed by atoms with Crippen LogP contribution in [-0.4, -0.2) is 22.3 Å². The van der Waals surface area contributed by atoms with Gasteiger partial charge in [0.2, 0.25) is 5.91 Å². The van der Waals surface area contributed by atoms with E-state index in [9.17, 15) is 4.79 Å². The summed E-state index contributed by atoms with van der Waals surface area (Å²) in [6.07, 6.45) is 0.282. The van der Waals surface area contributed by atoms with Crippen molar-refractivity contribution in [1.82, 2.24) is 9.78 Å². The fourth-order valence-corrected chi connectivity index (χ4v) is 2.51. The molecule has 2 aromatic carbocycles. The van der Waals surface area contributed by atoms with Gasteiger partial charge in [0.25, 0.3) is 0 Å². The second-order valence-corrected chi connectivity index (χ2v) is 5.77. The summed E-state index contributed by atoms with van der Waals surface area (Å²) < 4.78 is 7.37. The number of carbonyl (C=O) groups excluding carboxylic acids is 1. The lowest BCUT2D eigenvalue weighted by atomic mass is 10.2. The molecule has 3 aromatic rings. The van der Waals surface area contributed by atoms with Gasteiger partial charge in [-0.3, -0.25) is 4.79 Å². The molecule has 1 N–H and O–H groups in total. The lowest BCUT2D eigenvalue weighted by molar-refractivity contribution is -0.116. The van der Waals surface area contributed by atoms with Crippen molar-refractivity contribution in [3.63, 3.8) is 0 Å². The zero-order valence-electron chi connectivity index (χ0n) is 14.2. The maximum Gasteiger partial charge on any atom is 0.228 e. The lowest BCUT2D eigenvalue weighted by Gasteiger charge is -2.10.